The molecule has 9 heteroatoms. The van der Waals surface area contributed by atoms with Crippen LogP contribution in [0.2, 0.25) is 0 Å². The van der Waals surface area contributed by atoms with Gasteiger partial charge in [-0.05, 0) is 24.3 Å². The van der Waals surface area contributed by atoms with Gasteiger partial charge in [-0.15, -0.1) is 0 Å². The lowest BCUT2D eigenvalue weighted by molar-refractivity contribution is 0.414. The first kappa shape index (κ1) is 16.9. The molecule has 0 radical (unpaired) electrons. The van der Waals surface area contributed by atoms with Crippen molar-refractivity contribution in [1.82, 2.24) is 24.1 Å². The Morgan fingerprint density at radius 1 is 1.33 bits per heavy atom. The van der Waals surface area contributed by atoms with Gasteiger partial charge in [0.1, 0.15) is 17.4 Å². The van der Waals surface area contributed by atoms with E-state index in [-0.39, 0.29) is 5.56 Å². The summed E-state index contributed by atoms with van der Waals surface area (Å²) in [5, 5.41) is 12.6. The van der Waals surface area contributed by atoms with Crippen LogP contribution in [0.1, 0.15) is 11.3 Å². The van der Waals surface area contributed by atoms with E-state index in [0.717, 1.165) is 16.6 Å². The number of imidazole rings is 1. The second kappa shape index (κ2) is 7.01. The fourth-order valence-corrected chi connectivity index (χ4v) is 3.53. The highest BCUT2D eigenvalue weighted by molar-refractivity contribution is 7.98. The third-order valence-corrected chi connectivity index (χ3v) is 4.98. The van der Waals surface area contributed by atoms with E-state index in [1.807, 2.05) is 41.1 Å². The second-order valence-corrected chi connectivity index (χ2v) is 6.55. The Labute approximate surface area is 158 Å². The van der Waals surface area contributed by atoms with Crippen molar-refractivity contribution in [3.63, 3.8) is 0 Å². The maximum Gasteiger partial charge on any atom is 0.272 e. The number of nitriles is 1. The lowest BCUT2D eigenvalue weighted by Gasteiger charge is -2.08. The number of hydrogen-bond acceptors (Lipinski definition) is 6. The van der Waals surface area contributed by atoms with Gasteiger partial charge in [0.05, 0.1) is 12.8 Å². The lowest BCUT2D eigenvalue weighted by Crippen LogP contribution is -2.15. The Bertz CT molecular complexity index is 1200. The van der Waals surface area contributed by atoms with Crippen molar-refractivity contribution >= 4 is 17.4 Å². The van der Waals surface area contributed by atoms with Crippen LogP contribution in [0.4, 0.5) is 0 Å². The molecule has 4 aromatic rings. The molecule has 27 heavy (non-hydrogen) atoms. The van der Waals surface area contributed by atoms with Crippen LogP contribution in [0.5, 0.6) is 5.75 Å². The summed E-state index contributed by atoms with van der Waals surface area (Å²) < 4.78 is 8.39. The van der Waals surface area contributed by atoms with Crippen molar-refractivity contribution < 1.29 is 4.74 Å². The molecule has 134 valence electrons. The van der Waals surface area contributed by atoms with E-state index in [0.29, 0.717) is 22.7 Å². The van der Waals surface area contributed by atoms with E-state index >= 15 is 0 Å². The van der Waals surface area contributed by atoms with Crippen LogP contribution >= 0.6 is 11.8 Å². The van der Waals surface area contributed by atoms with Gasteiger partial charge in [-0.1, -0.05) is 11.8 Å². The molecule has 0 amide bonds. The number of fused-ring (bicyclic) bond motifs is 1. The summed E-state index contributed by atoms with van der Waals surface area (Å²) in [5.41, 5.74) is 1.95. The number of aromatic nitrogens is 5. The maximum absolute atomic E-state index is 12.2. The zero-order chi connectivity index (χ0) is 18.8. The predicted octanol–water partition coefficient (Wildman–Crippen LogP) is 2.38. The molecule has 0 saturated carbocycles. The molecule has 0 aliphatic carbocycles. The van der Waals surface area contributed by atoms with E-state index in [4.69, 9.17) is 10.00 Å². The number of nitrogens with zero attached hydrogens (tertiary/aromatic N) is 5. The standard InChI is InChI=1S/C18H14N6O2S/c1-26-15-4-2-14(3-5-15)23-7-6-20-18(23)27-11-13-8-16(25)24-17(22-13)12(9-19)10-21-24/h2-8,10,21H,11H2,1H3. The van der Waals surface area contributed by atoms with Crippen molar-refractivity contribution in [3.8, 4) is 17.5 Å². The van der Waals surface area contributed by atoms with Crippen molar-refractivity contribution in [1.29, 1.82) is 5.26 Å². The highest BCUT2D eigenvalue weighted by Gasteiger charge is 2.11. The smallest absolute Gasteiger partial charge is 0.272 e. The topological polar surface area (TPSA) is 101 Å². The number of thioether (sulfide) groups is 1. The highest BCUT2D eigenvalue weighted by atomic mass is 32.2. The van der Waals surface area contributed by atoms with Gasteiger partial charge in [-0.3, -0.25) is 14.5 Å². The summed E-state index contributed by atoms with van der Waals surface area (Å²) >= 11 is 1.46. The molecule has 4 rings (SSSR count). The molecule has 1 aromatic carbocycles. The van der Waals surface area contributed by atoms with Crippen molar-refractivity contribution in [2.45, 2.75) is 10.9 Å². The lowest BCUT2D eigenvalue weighted by atomic mass is 10.3. The summed E-state index contributed by atoms with van der Waals surface area (Å²) in [6.07, 6.45) is 5.06. The number of H-pyrrole nitrogens is 1. The van der Waals surface area contributed by atoms with Gasteiger partial charge in [0.15, 0.2) is 10.8 Å². The molecule has 3 heterocycles. The molecule has 1 N–H and O–H groups in total. The Hall–Kier alpha value is -3.51. The zero-order valence-corrected chi connectivity index (χ0v) is 15.1. The molecule has 0 fully saturated rings. The summed E-state index contributed by atoms with van der Waals surface area (Å²) in [4.78, 5) is 21.0. The fraction of sp³-hybridized carbons (Fsp3) is 0.111. The van der Waals surface area contributed by atoms with Gasteiger partial charge in [0.2, 0.25) is 0 Å². The predicted molar refractivity (Wildman–Crippen MR) is 100 cm³/mol. The molecule has 0 aliphatic heterocycles. The van der Waals surface area contributed by atoms with Crippen LogP contribution in [-0.2, 0) is 5.75 Å². The molecule has 0 bridgehead atoms. The minimum absolute atomic E-state index is 0.254. The van der Waals surface area contributed by atoms with Gasteiger partial charge in [-0.2, -0.15) is 5.26 Å². The molecular weight excluding hydrogens is 364 g/mol. The number of nitrogens with one attached hydrogen (secondary N) is 1. The number of ether oxygens (including phenoxy) is 1. The fourth-order valence-electron chi connectivity index (χ4n) is 2.66. The number of hydrogen-bond donors (Lipinski definition) is 1. The molecule has 0 unspecified atom stereocenters. The SMILES string of the molecule is COc1ccc(-n2ccnc2SCc2cc(=O)n3[nH]cc(C#N)c3n2)cc1. The Morgan fingerprint density at radius 2 is 2.15 bits per heavy atom. The average Bonchev–Trinajstić information content (AvgIpc) is 3.33. The van der Waals surface area contributed by atoms with Crippen LogP contribution in [0.15, 0.2) is 58.9 Å². The van der Waals surface area contributed by atoms with Crippen LogP contribution in [0.3, 0.4) is 0 Å². The molecule has 3 aromatic heterocycles. The van der Waals surface area contributed by atoms with Crippen molar-refractivity contribution in [2.75, 3.05) is 7.11 Å². The van der Waals surface area contributed by atoms with E-state index < -0.39 is 0 Å². The minimum atomic E-state index is -0.254. The highest BCUT2D eigenvalue weighted by Crippen LogP contribution is 2.24. The molecule has 0 saturated heterocycles. The number of benzene rings is 1. The van der Waals surface area contributed by atoms with E-state index in [9.17, 15) is 4.79 Å². The van der Waals surface area contributed by atoms with E-state index in [2.05, 4.69) is 15.1 Å². The van der Waals surface area contributed by atoms with Gasteiger partial charge in [0.25, 0.3) is 5.56 Å². The monoisotopic (exact) mass is 378 g/mol. The quantitative estimate of drug-likeness (QED) is 0.535. The van der Waals surface area contributed by atoms with E-state index in [1.165, 1.54) is 28.5 Å². The maximum atomic E-state index is 12.2. The summed E-state index contributed by atoms with van der Waals surface area (Å²) in [6, 6.07) is 11.1. The molecular formula is C18H14N6O2S. The first-order chi connectivity index (χ1) is 13.2. The van der Waals surface area contributed by atoms with Gasteiger partial charge < -0.3 is 4.74 Å². The van der Waals surface area contributed by atoms with Crippen LogP contribution in [-0.4, -0.2) is 31.3 Å². The second-order valence-electron chi connectivity index (χ2n) is 5.61. The Kier molecular flexibility index (Phi) is 4.40. The first-order valence-electron chi connectivity index (χ1n) is 8.00. The molecule has 0 atom stereocenters. The van der Waals surface area contributed by atoms with Crippen molar-refractivity contribution in [3.05, 3.63) is 70.5 Å². The summed E-state index contributed by atoms with van der Waals surface area (Å²) in [6.45, 7) is 0. The average molecular weight is 378 g/mol. The third-order valence-electron chi connectivity index (χ3n) is 3.98. The minimum Gasteiger partial charge on any atom is -0.497 e. The Morgan fingerprint density at radius 3 is 2.89 bits per heavy atom. The first-order valence-corrected chi connectivity index (χ1v) is 8.99. The third kappa shape index (κ3) is 3.18. The number of rotatable bonds is 5. The van der Waals surface area contributed by atoms with Gasteiger partial charge in [0, 0.05) is 36.1 Å². The van der Waals surface area contributed by atoms with Gasteiger partial charge >= 0.3 is 0 Å². The normalized spacial score (nSPS) is 10.8. The van der Waals surface area contributed by atoms with Crippen molar-refractivity contribution in [2.24, 2.45) is 0 Å². The van der Waals surface area contributed by atoms with Gasteiger partial charge in [-0.25, -0.2) is 14.5 Å². The van der Waals surface area contributed by atoms with Crippen LogP contribution in [0, 0.1) is 11.3 Å². The summed E-state index contributed by atoms with van der Waals surface area (Å²) in [5.74, 6) is 1.24. The largest absolute Gasteiger partial charge is 0.497 e. The molecule has 0 spiro atoms. The van der Waals surface area contributed by atoms with E-state index in [1.54, 1.807) is 13.3 Å². The number of aromatic amines is 1. The Balaban J connectivity index is 1.59. The van der Waals surface area contributed by atoms with Crippen LogP contribution < -0.4 is 10.3 Å². The van der Waals surface area contributed by atoms with Crippen LogP contribution in [0.25, 0.3) is 11.3 Å². The molecule has 0 aliphatic rings. The summed E-state index contributed by atoms with van der Waals surface area (Å²) in [7, 11) is 1.63. The molecule has 8 nitrogen and oxygen atoms in total. The number of methoxy groups -OCH3 is 1. The zero-order valence-electron chi connectivity index (χ0n) is 14.3.